The Bertz CT molecular complexity index is 101. The van der Waals surface area contributed by atoms with E-state index in [1.807, 2.05) is 0 Å². The highest BCUT2D eigenvalue weighted by atomic mass is 32.1. The lowest BCUT2D eigenvalue weighted by Gasteiger charge is -2.02. The topological polar surface area (TPSA) is 49.7 Å². The zero-order valence-corrected chi connectivity index (χ0v) is 4.89. The van der Waals surface area contributed by atoms with E-state index in [0.717, 1.165) is 6.08 Å². The van der Waals surface area contributed by atoms with Crippen molar-refractivity contribution < 1.29 is 14.9 Å². The monoisotopic (exact) mass is 134 g/mol. The van der Waals surface area contributed by atoms with Crippen LogP contribution in [0.15, 0.2) is 12.7 Å². The molecule has 0 aromatic carbocycles. The molecule has 0 aromatic rings. The van der Waals surface area contributed by atoms with E-state index in [1.54, 1.807) is 0 Å². The van der Waals surface area contributed by atoms with Crippen LogP contribution in [-0.4, -0.2) is 21.7 Å². The van der Waals surface area contributed by atoms with Gasteiger partial charge in [-0.2, -0.15) is 0 Å². The largest absolute Gasteiger partial charge is 0.472 e. The number of hydrogen-bond donors (Lipinski definition) is 2. The van der Waals surface area contributed by atoms with Crippen LogP contribution < -0.4 is 0 Å². The van der Waals surface area contributed by atoms with E-state index < -0.39 is 11.5 Å². The van der Waals surface area contributed by atoms with Gasteiger partial charge >= 0.3 is 5.24 Å². The molecule has 3 nitrogen and oxygen atoms in total. The summed E-state index contributed by atoms with van der Waals surface area (Å²) >= 11 is 4.06. The summed E-state index contributed by atoms with van der Waals surface area (Å²) in [6.45, 7) is 3.17. The summed E-state index contributed by atoms with van der Waals surface area (Å²) in [4.78, 5) is 0. The maximum Gasteiger partial charge on any atom is 0.352 e. The van der Waals surface area contributed by atoms with E-state index >= 15 is 0 Å². The van der Waals surface area contributed by atoms with Crippen LogP contribution in [0.25, 0.3) is 0 Å². The van der Waals surface area contributed by atoms with Crippen LogP contribution in [0.3, 0.4) is 0 Å². The highest BCUT2D eigenvalue weighted by molar-refractivity contribution is 7.79. The SMILES string of the molecule is C=C[C@@H](O)OC(O)=S. The average molecular weight is 134 g/mol. The smallest absolute Gasteiger partial charge is 0.352 e. The molecular formula is C4H6O3S. The lowest BCUT2D eigenvalue weighted by molar-refractivity contribution is 0.000325. The van der Waals surface area contributed by atoms with Crippen molar-refractivity contribution in [1.29, 1.82) is 0 Å². The molecule has 0 amide bonds. The number of hydrogen-bond acceptors (Lipinski definition) is 3. The lowest BCUT2D eigenvalue weighted by atomic mass is 10.6. The average Bonchev–Trinajstić information content (AvgIpc) is 1.65. The van der Waals surface area contributed by atoms with Gasteiger partial charge in [-0.3, -0.25) is 0 Å². The Hall–Kier alpha value is -0.610. The lowest BCUT2D eigenvalue weighted by Crippen LogP contribution is -2.11. The van der Waals surface area contributed by atoms with Crippen LogP contribution in [-0.2, 0) is 4.74 Å². The molecule has 0 unspecified atom stereocenters. The predicted molar refractivity (Wildman–Crippen MR) is 32.5 cm³/mol. The molecule has 0 saturated heterocycles. The summed E-state index contributed by atoms with van der Waals surface area (Å²) in [5.74, 6) is 0. The number of aliphatic hydroxyl groups excluding tert-OH is 2. The molecule has 0 radical (unpaired) electrons. The minimum atomic E-state index is -1.20. The first-order valence-corrected chi connectivity index (χ1v) is 2.28. The molecule has 0 bridgehead atoms. The Morgan fingerprint density at radius 1 is 1.88 bits per heavy atom. The predicted octanol–water partition coefficient (Wildman–Crippen LogP) is 0.350. The third-order valence-electron chi connectivity index (χ3n) is 0.423. The maximum absolute atomic E-state index is 8.44. The van der Waals surface area contributed by atoms with E-state index in [2.05, 4.69) is 23.5 Å². The van der Waals surface area contributed by atoms with Crippen LogP contribution >= 0.6 is 12.2 Å². The first-order chi connectivity index (χ1) is 3.66. The molecule has 0 rings (SSSR count). The summed E-state index contributed by atoms with van der Waals surface area (Å²) in [7, 11) is 0. The molecule has 4 heteroatoms. The Morgan fingerprint density at radius 3 is 2.50 bits per heavy atom. The van der Waals surface area contributed by atoms with Crippen molar-refractivity contribution in [3.63, 3.8) is 0 Å². The molecular weight excluding hydrogens is 128 g/mol. The summed E-state index contributed by atoms with van der Waals surface area (Å²) in [5.41, 5.74) is 0. The van der Waals surface area contributed by atoms with Gasteiger partial charge in [0.05, 0.1) is 0 Å². The standard InChI is InChI=1S/C4H6O3S/c1-2-3(5)7-4(6)8/h2-3,5H,1H2,(H,6,8)/t3-/m0/s1. The van der Waals surface area contributed by atoms with Crippen LogP contribution in [0.4, 0.5) is 0 Å². The molecule has 0 aliphatic rings. The Labute approximate surface area is 52.2 Å². The van der Waals surface area contributed by atoms with Gasteiger partial charge < -0.3 is 14.9 Å². The van der Waals surface area contributed by atoms with E-state index in [4.69, 9.17) is 10.2 Å². The molecule has 0 saturated carbocycles. The van der Waals surface area contributed by atoms with Gasteiger partial charge in [0.15, 0.2) is 0 Å². The summed E-state index contributed by atoms with van der Waals surface area (Å²) in [6.07, 6.45) is -0.102. The summed E-state index contributed by atoms with van der Waals surface area (Å²) < 4.78 is 4.12. The van der Waals surface area contributed by atoms with Crippen molar-refractivity contribution in [1.82, 2.24) is 0 Å². The number of rotatable bonds is 2. The minimum Gasteiger partial charge on any atom is -0.472 e. The van der Waals surface area contributed by atoms with Crippen molar-refractivity contribution in [2.45, 2.75) is 6.29 Å². The Balaban J connectivity index is 3.38. The van der Waals surface area contributed by atoms with Crippen molar-refractivity contribution in [2.24, 2.45) is 0 Å². The molecule has 2 N–H and O–H groups in total. The first-order valence-electron chi connectivity index (χ1n) is 1.87. The summed E-state index contributed by atoms with van der Waals surface area (Å²) in [5, 5.41) is 15.9. The molecule has 0 heterocycles. The summed E-state index contributed by atoms with van der Waals surface area (Å²) in [6, 6.07) is 0. The molecule has 46 valence electrons. The zero-order chi connectivity index (χ0) is 6.57. The van der Waals surface area contributed by atoms with Crippen molar-refractivity contribution >= 4 is 17.5 Å². The van der Waals surface area contributed by atoms with Crippen LogP contribution in [0.2, 0.25) is 0 Å². The molecule has 0 aliphatic heterocycles. The van der Waals surface area contributed by atoms with Gasteiger partial charge in [-0.1, -0.05) is 6.58 Å². The second kappa shape index (κ2) is 3.40. The van der Waals surface area contributed by atoms with Gasteiger partial charge in [0.25, 0.3) is 0 Å². The fourth-order valence-corrected chi connectivity index (χ4v) is 0.250. The normalized spacial score (nSPS) is 12.1. The second-order valence-electron chi connectivity index (χ2n) is 1.01. The quantitative estimate of drug-likeness (QED) is 0.325. The molecule has 0 spiro atoms. The zero-order valence-electron chi connectivity index (χ0n) is 4.07. The van der Waals surface area contributed by atoms with E-state index in [9.17, 15) is 0 Å². The third-order valence-corrected chi connectivity index (χ3v) is 0.519. The van der Waals surface area contributed by atoms with Crippen LogP contribution in [0.1, 0.15) is 0 Å². The molecule has 1 atom stereocenters. The van der Waals surface area contributed by atoms with Gasteiger partial charge in [-0.25, -0.2) is 0 Å². The van der Waals surface area contributed by atoms with Crippen molar-refractivity contribution in [3.05, 3.63) is 12.7 Å². The Kier molecular flexibility index (Phi) is 3.14. The molecule has 8 heavy (non-hydrogen) atoms. The van der Waals surface area contributed by atoms with Crippen molar-refractivity contribution in [2.75, 3.05) is 0 Å². The van der Waals surface area contributed by atoms with Gasteiger partial charge in [0, 0.05) is 12.2 Å². The van der Waals surface area contributed by atoms with Gasteiger partial charge in [-0.15, -0.1) is 0 Å². The number of thiocarbonyl (C=S) groups is 1. The third kappa shape index (κ3) is 3.58. The van der Waals surface area contributed by atoms with E-state index in [0.29, 0.717) is 0 Å². The first kappa shape index (κ1) is 7.39. The van der Waals surface area contributed by atoms with E-state index in [1.165, 1.54) is 0 Å². The maximum atomic E-state index is 8.44. The van der Waals surface area contributed by atoms with Crippen molar-refractivity contribution in [3.8, 4) is 0 Å². The fraction of sp³-hybridized carbons (Fsp3) is 0.250. The van der Waals surface area contributed by atoms with Crippen LogP contribution in [0.5, 0.6) is 0 Å². The van der Waals surface area contributed by atoms with Gasteiger partial charge in [0.1, 0.15) is 0 Å². The highest BCUT2D eigenvalue weighted by Gasteiger charge is 1.97. The number of aliphatic hydroxyl groups is 2. The second-order valence-corrected chi connectivity index (χ2v) is 1.36. The fourth-order valence-electron chi connectivity index (χ4n) is 0.151. The highest BCUT2D eigenvalue weighted by Crippen LogP contribution is 1.86. The minimum absolute atomic E-state index is 0.683. The molecule has 0 fully saturated rings. The molecule has 0 aromatic heterocycles. The van der Waals surface area contributed by atoms with Gasteiger partial charge in [0.2, 0.25) is 6.29 Å². The molecule has 0 aliphatic carbocycles. The van der Waals surface area contributed by atoms with Crippen LogP contribution in [0, 0.1) is 0 Å². The Morgan fingerprint density at radius 2 is 2.38 bits per heavy atom. The van der Waals surface area contributed by atoms with E-state index in [-0.39, 0.29) is 0 Å². The number of ether oxygens (including phenoxy) is 1. The van der Waals surface area contributed by atoms with Gasteiger partial charge in [-0.05, 0) is 6.08 Å².